The van der Waals surface area contributed by atoms with Gasteiger partial charge in [0.05, 0.1) is 41.4 Å². The van der Waals surface area contributed by atoms with Crippen LogP contribution in [-0.2, 0) is 14.8 Å². The summed E-state index contributed by atoms with van der Waals surface area (Å²) in [7, 11) is 0.180. The van der Waals surface area contributed by atoms with Gasteiger partial charge in [0.2, 0.25) is 0 Å². The average molecular weight is 581 g/mol. The number of sulfonamides is 1. The molecule has 3 rings (SSSR count). The van der Waals surface area contributed by atoms with E-state index in [2.05, 4.69) is 15.9 Å². The minimum atomic E-state index is -4.26. The van der Waals surface area contributed by atoms with Crippen LogP contribution in [-0.4, -0.2) is 35.7 Å². The van der Waals surface area contributed by atoms with E-state index in [-0.39, 0.29) is 15.6 Å². The molecule has 0 aliphatic carbocycles. The number of benzene rings is 3. The van der Waals surface area contributed by atoms with E-state index in [0.717, 1.165) is 11.6 Å². The average Bonchev–Trinajstić information content (AvgIpc) is 2.82. The predicted octanol–water partition coefficient (Wildman–Crippen LogP) is 5.87. The molecule has 184 valence electrons. The molecule has 0 aliphatic rings. The number of nitrogens with zero attached hydrogens (tertiary/aromatic N) is 1. The predicted molar refractivity (Wildman–Crippen MR) is 140 cm³/mol. The molecular weight excluding hydrogens is 558 g/mol. The first-order valence-corrected chi connectivity index (χ1v) is 12.8. The first-order valence-electron chi connectivity index (χ1n) is 10.2. The number of aryl methyl sites for hydroxylation is 1. The first kappa shape index (κ1) is 26.6. The second kappa shape index (κ2) is 11.2. The quantitative estimate of drug-likeness (QED) is 0.310. The van der Waals surface area contributed by atoms with E-state index in [1.165, 1.54) is 57.7 Å². The van der Waals surface area contributed by atoms with Gasteiger partial charge in [0, 0.05) is 6.08 Å². The molecule has 0 unspecified atom stereocenters. The second-order valence-corrected chi connectivity index (χ2v) is 10.4. The highest BCUT2D eigenvalue weighted by Crippen LogP contribution is 2.37. The molecule has 0 heterocycles. The molecule has 7 nitrogen and oxygen atoms in total. The molecule has 0 saturated carbocycles. The Hall–Kier alpha value is -3.01. The summed E-state index contributed by atoms with van der Waals surface area (Å²) in [4.78, 5) is 13.3. The van der Waals surface area contributed by atoms with Gasteiger partial charge in [-0.2, -0.15) is 4.31 Å². The summed E-state index contributed by atoms with van der Waals surface area (Å²) in [6.45, 7) is 1.84. The molecule has 0 atom stereocenters. The van der Waals surface area contributed by atoms with Gasteiger partial charge in [-0.25, -0.2) is 8.42 Å². The molecule has 0 N–H and O–H groups in total. The van der Waals surface area contributed by atoms with Gasteiger partial charge in [-0.05, 0) is 77.0 Å². The van der Waals surface area contributed by atoms with Crippen LogP contribution >= 0.6 is 27.5 Å². The fraction of sp³-hybridized carbons (Fsp3) is 0.160. The number of amides is 1. The van der Waals surface area contributed by atoms with Crippen LogP contribution in [0.5, 0.6) is 17.2 Å². The molecule has 0 aromatic heterocycles. The van der Waals surface area contributed by atoms with Crippen molar-refractivity contribution in [3.63, 3.8) is 0 Å². The summed E-state index contributed by atoms with van der Waals surface area (Å²) in [5.41, 5.74) is 1.54. The maximum atomic E-state index is 13.6. The van der Waals surface area contributed by atoms with E-state index in [4.69, 9.17) is 25.8 Å². The van der Waals surface area contributed by atoms with Gasteiger partial charge in [0.15, 0.2) is 11.5 Å². The number of rotatable bonds is 8. The maximum Gasteiger partial charge on any atom is 0.271 e. The van der Waals surface area contributed by atoms with Gasteiger partial charge >= 0.3 is 0 Å². The van der Waals surface area contributed by atoms with Crippen molar-refractivity contribution in [2.24, 2.45) is 0 Å². The van der Waals surface area contributed by atoms with Gasteiger partial charge in [-0.15, -0.1) is 0 Å². The van der Waals surface area contributed by atoms with Gasteiger partial charge in [0.25, 0.3) is 15.9 Å². The molecule has 35 heavy (non-hydrogen) atoms. The Kier molecular flexibility index (Phi) is 8.47. The highest BCUT2D eigenvalue weighted by Gasteiger charge is 2.30. The molecule has 0 aliphatic heterocycles. The largest absolute Gasteiger partial charge is 0.495 e. The molecule has 3 aromatic rings. The Morgan fingerprint density at radius 3 is 2.17 bits per heavy atom. The van der Waals surface area contributed by atoms with Crippen LogP contribution in [0.1, 0.15) is 11.1 Å². The normalized spacial score (nSPS) is 11.4. The Morgan fingerprint density at radius 1 is 0.943 bits per heavy atom. The molecule has 3 aromatic carbocycles. The Bertz CT molecular complexity index is 1370. The van der Waals surface area contributed by atoms with Crippen LogP contribution in [0.4, 0.5) is 5.69 Å². The number of hydrogen-bond acceptors (Lipinski definition) is 6. The van der Waals surface area contributed by atoms with Gasteiger partial charge in [-0.1, -0.05) is 29.3 Å². The van der Waals surface area contributed by atoms with E-state index < -0.39 is 15.9 Å². The molecule has 0 fully saturated rings. The highest BCUT2D eigenvalue weighted by atomic mass is 79.9. The minimum absolute atomic E-state index is 0.0364. The monoisotopic (exact) mass is 579 g/mol. The van der Waals surface area contributed by atoms with E-state index in [1.54, 1.807) is 24.3 Å². The highest BCUT2D eigenvalue weighted by molar-refractivity contribution is 9.10. The molecular formula is C25H23BrClNO6S. The van der Waals surface area contributed by atoms with E-state index >= 15 is 0 Å². The number of carbonyl (C=O) groups is 1. The van der Waals surface area contributed by atoms with Crippen molar-refractivity contribution in [1.29, 1.82) is 0 Å². The summed E-state index contributed by atoms with van der Waals surface area (Å²) >= 11 is 9.65. The summed E-state index contributed by atoms with van der Waals surface area (Å²) in [6, 6.07) is 13.9. The van der Waals surface area contributed by atoms with E-state index in [9.17, 15) is 13.2 Å². The third kappa shape index (κ3) is 5.80. The standard InChI is InChI=1S/C25H23BrClNO6S/c1-16-5-9-19(10-6-16)35(30,31)28(18-8-11-22(32-2)21(27)15-18)24(29)12-7-17-13-20(26)25(34-4)23(14-17)33-3/h5-15H,1-4H3/b12-7+. The zero-order chi connectivity index (χ0) is 25.8. The number of ether oxygens (including phenoxy) is 3. The fourth-order valence-corrected chi connectivity index (χ4v) is 5.50. The zero-order valence-corrected chi connectivity index (χ0v) is 22.6. The van der Waals surface area contributed by atoms with Crippen molar-refractivity contribution in [1.82, 2.24) is 0 Å². The number of methoxy groups -OCH3 is 3. The second-order valence-electron chi connectivity index (χ2n) is 7.31. The summed E-state index contributed by atoms with van der Waals surface area (Å²) in [5, 5.41) is 0.162. The zero-order valence-electron chi connectivity index (χ0n) is 19.4. The van der Waals surface area contributed by atoms with E-state index in [0.29, 0.717) is 31.6 Å². The number of hydrogen-bond donors (Lipinski definition) is 0. The van der Waals surface area contributed by atoms with Crippen LogP contribution in [0.3, 0.4) is 0 Å². The summed E-state index contributed by atoms with van der Waals surface area (Å²) < 4.78 is 44.2. The van der Waals surface area contributed by atoms with Crippen LogP contribution in [0, 0.1) is 6.92 Å². The van der Waals surface area contributed by atoms with Crippen LogP contribution in [0.25, 0.3) is 6.08 Å². The van der Waals surface area contributed by atoms with Gasteiger partial charge in [0.1, 0.15) is 5.75 Å². The number of anilines is 1. The third-order valence-electron chi connectivity index (χ3n) is 5.00. The minimum Gasteiger partial charge on any atom is -0.495 e. The lowest BCUT2D eigenvalue weighted by Gasteiger charge is -2.22. The number of halogens is 2. The van der Waals surface area contributed by atoms with Crippen LogP contribution in [0.15, 0.2) is 70.0 Å². The summed E-state index contributed by atoms with van der Waals surface area (Å²) in [5.74, 6) is 0.492. The maximum absolute atomic E-state index is 13.6. The van der Waals surface area contributed by atoms with Crippen molar-refractivity contribution >= 4 is 55.2 Å². The molecule has 0 radical (unpaired) electrons. The van der Waals surface area contributed by atoms with Crippen LogP contribution < -0.4 is 18.5 Å². The molecule has 0 bridgehead atoms. The topological polar surface area (TPSA) is 82.1 Å². The molecule has 1 amide bonds. The van der Waals surface area contributed by atoms with Crippen molar-refractivity contribution in [2.45, 2.75) is 11.8 Å². The Balaban J connectivity index is 2.08. The van der Waals surface area contributed by atoms with Gasteiger partial charge < -0.3 is 14.2 Å². The van der Waals surface area contributed by atoms with Crippen LogP contribution in [0.2, 0.25) is 5.02 Å². The smallest absolute Gasteiger partial charge is 0.271 e. The van der Waals surface area contributed by atoms with E-state index in [1.807, 2.05) is 6.92 Å². The van der Waals surface area contributed by atoms with Crippen molar-refractivity contribution in [3.8, 4) is 17.2 Å². The summed E-state index contributed by atoms with van der Waals surface area (Å²) in [6.07, 6.45) is 2.65. The first-order chi connectivity index (χ1) is 16.6. The van der Waals surface area contributed by atoms with Crippen molar-refractivity contribution < 1.29 is 27.4 Å². The lowest BCUT2D eigenvalue weighted by atomic mass is 10.2. The SMILES string of the molecule is COc1ccc(N(C(=O)/C=C/c2cc(Br)c(OC)c(OC)c2)S(=O)(=O)c2ccc(C)cc2)cc1Cl. The Morgan fingerprint density at radius 2 is 1.60 bits per heavy atom. The number of carbonyl (C=O) groups excluding carboxylic acids is 1. The van der Waals surface area contributed by atoms with Gasteiger partial charge in [-0.3, -0.25) is 4.79 Å². The lowest BCUT2D eigenvalue weighted by Crippen LogP contribution is -2.35. The molecule has 0 saturated heterocycles. The van der Waals surface area contributed by atoms with Crippen molar-refractivity contribution in [3.05, 3.63) is 81.3 Å². The molecule has 0 spiro atoms. The fourth-order valence-electron chi connectivity index (χ4n) is 3.25. The molecule has 10 heteroatoms. The lowest BCUT2D eigenvalue weighted by molar-refractivity contribution is -0.113. The van der Waals surface area contributed by atoms with Crippen molar-refractivity contribution in [2.75, 3.05) is 25.6 Å². The third-order valence-corrected chi connectivity index (χ3v) is 7.63. The Labute approximate surface area is 218 Å².